The molecule has 0 spiro atoms. The van der Waals surface area contributed by atoms with E-state index in [1.807, 2.05) is 50.2 Å². The van der Waals surface area contributed by atoms with Crippen molar-refractivity contribution in [2.24, 2.45) is 0 Å². The molecule has 7 nitrogen and oxygen atoms in total. The van der Waals surface area contributed by atoms with E-state index in [1.165, 1.54) is 0 Å². The fourth-order valence-electron chi connectivity index (χ4n) is 3.23. The summed E-state index contributed by atoms with van der Waals surface area (Å²) in [6.45, 7) is 5.89. The Morgan fingerprint density at radius 3 is 2.63 bits per heavy atom. The molecule has 2 amide bonds. The van der Waals surface area contributed by atoms with Crippen molar-refractivity contribution in [3.63, 3.8) is 0 Å². The summed E-state index contributed by atoms with van der Waals surface area (Å²) in [5.74, 6) is 2.07. The molecule has 7 heteroatoms. The van der Waals surface area contributed by atoms with Crippen molar-refractivity contribution in [3.8, 4) is 17.2 Å². The highest BCUT2D eigenvalue weighted by Gasteiger charge is 2.14. The maximum Gasteiger partial charge on any atom is 0.231 e. The molecule has 1 heterocycles. The number of fused-ring (bicyclic) bond motifs is 1. The number of nitrogens with zero attached hydrogens (tertiary/aromatic N) is 1. The van der Waals surface area contributed by atoms with E-state index in [4.69, 9.17) is 14.2 Å². The van der Waals surface area contributed by atoms with Crippen LogP contribution in [0.5, 0.6) is 17.2 Å². The molecule has 0 radical (unpaired) electrons. The van der Waals surface area contributed by atoms with Gasteiger partial charge in [-0.1, -0.05) is 12.1 Å². The SMILES string of the molecule is CCN(CC)C(=O)CCCC(=O)Nc1cccc(COc2ccc3c(c2)OCO3)c1. The fraction of sp³-hybridized carbons (Fsp3) is 0.391. The summed E-state index contributed by atoms with van der Waals surface area (Å²) in [7, 11) is 0. The van der Waals surface area contributed by atoms with E-state index in [2.05, 4.69) is 5.32 Å². The first-order valence-corrected chi connectivity index (χ1v) is 10.3. The molecule has 0 saturated carbocycles. The van der Waals surface area contributed by atoms with Crippen LogP contribution in [0.1, 0.15) is 38.7 Å². The summed E-state index contributed by atoms with van der Waals surface area (Å²) in [4.78, 5) is 26.0. The number of ether oxygens (including phenoxy) is 3. The van der Waals surface area contributed by atoms with Crippen molar-refractivity contribution >= 4 is 17.5 Å². The molecular weight excluding hydrogens is 384 g/mol. The highest BCUT2D eigenvalue weighted by Crippen LogP contribution is 2.35. The van der Waals surface area contributed by atoms with Crippen molar-refractivity contribution in [2.75, 3.05) is 25.2 Å². The van der Waals surface area contributed by atoms with Crippen LogP contribution < -0.4 is 19.5 Å². The maximum atomic E-state index is 12.2. The summed E-state index contributed by atoms with van der Waals surface area (Å²) < 4.78 is 16.5. The van der Waals surface area contributed by atoms with Crippen LogP contribution in [-0.2, 0) is 16.2 Å². The number of carbonyl (C=O) groups is 2. The van der Waals surface area contributed by atoms with E-state index in [1.54, 1.807) is 11.0 Å². The number of anilines is 1. The molecule has 2 aromatic rings. The third kappa shape index (κ3) is 5.89. The standard InChI is InChI=1S/C23H28N2O5/c1-3-25(4-2)23(27)10-6-9-22(26)24-18-8-5-7-17(13-18)15-28-19-11-12-20-21(14-19)30-16-29-20/h5,7-8,11-14H,3-4,6,9-10,15-16H2,1-2H3,(H,24,26). The van der Waals surface area contributed by atoms with E-state index in [0.717, 1.165) is 5.56 Å². The van der Waals surface area contributed by atoms with Crippen LogP contribution in [0.15, 0.2) is 42.5 Å². The normalized spacial score (nSPS) is 11.8. The van der Waals surface area contributed by atoms with Gasteiger partial charge in [-0.2, -0.15) is 0 Å². The van der Waals surface area contributed by atoms with Crippen molar-refractivity contribution in [1.29, 1.82) is 0 Å². The minimum absolute atomic E-state index is 0.0930. The van der Waals surface area contributed by atoms with Gasteiger partial charge in [0, 0.05) is 37.7 Å². The lowest BCUT2D eigenvalue weighted by Crippen LogP contribution is -2.30. The number of nitrogens with one attached hydrogen (secondary N) is 1. The lowest BCUT2D eigenvalue weighted by Gasteiger charge is -2.18. The van der Waals surface area contributed by atoms with Crippen LogP contribution in [-0.4, -0.2) is 36.6 Å². The molecule has 0 aromatic heterocycles. The Kier molecular flexibility index (Phi) is 7.54. The minimum Gasteiger partial charge on any atom is -0.489 e. The van der Waals surface area contributed by atoms with Crippen LogP contribution in [0.2, 0.25) is 0 Å². The maximum absolute atomic E-state index is 12.2. The molecule has 0 atom stereocenters. The molecule has 1 aliphatic rings. The van der Waals surface area contributed by atoms with Crippen LogP contribution in [0, 0.1) is 0 Å². The Hall–Kier alpha value is -3.22. The van der Waals surface area contributed by atoms with Gasteiger partial charge in [0.2, 0.25) is 18.6 Å². The number of carbonyl (C=O) groups excluding carboxylic acids is 2. The van der Waals surface area contributed by atoms with Crippen molar-refractivity contribution in [1.82, 2.24) is 4.90 Å². The van der Waals surface area contributed by atoms with E-state index >= 15 is 0 Å². The van der Waals surface area contributed by atoms with Crippen molar-refractivity contribution in [3.05, 3.63) is 48.0 Å². The Bertz CT molecular complexity index is 880. The predicted octanol–water partition coefficient (Wildman–Crippen LogP) is 3.97. The third-order valence-electron chi connectivity index (χ3n) is 4.87. The topological polar surface area (TPSA) is 77.1 Å². The Balaban J connectivity index is 1.45. The van der Waals surface area contributed by atoms with Gasteiger partial charge in [0.15, 0.2) is 11.5 Å². The van der Waals surface area contributed by atoms with E-state index < -0.39 is 0 Å². The summed E-state index contributed by atoms with van der Waals surface area (Å²) >= 11 is 0. The second-order valence-corrected chi connectivity index (χ2v) is 6.97. The first kappa shape index (κ1) is 21.5. The van der Waals surface area contributed by atoms with Gasteiger partial charge < -0.3 is 24.4 Å². The number of hydrogen-bond acceptors (Lipinski definition) is 5. The molecule has 3 rings (SSSR count). The molecule has 160 valence electrons. The molecule has 0 unspecified atom stereocenters. The Morgan fingerprint density at radius 1 is 1.03 bits per heavy atom. The molecule has 30 heavy (non-hydrogen) atoms. The quantitative estimate of drug-likeness (QED) is 0.639. The number of rotatable bonds is 10. The van der Waals surface area contributed by atoms with E-state index in [0.29, 0.717) is 61.9 Å². The lowest BCUT2D eigenvalue weighted by molar-refractivity contribution is -0.131. The van der Waals surface area contributed by atoms with E-state index in [9.17, 15) is 9.59 Å². The predicted molar refractivity (Wildman–Crippen MR) is 114 cm³/mol. The van der Waals surface area contributed by atoms with E-state index in [-0.39, 0.29) is 18.6 Å². The van der Waals surface area contributed by atoms with Gasteiger partial charge in [0.05, 0.1) is 0 Å². The van der Waals surface area contributed by atoms with Crippen molar-refractivity contribution < 1.29 is 23.8 Å². The largest absolute Gasteiger partial charge is 0.489 e. The molecule has 0 saturated heterocycles. The van der Waals surface area contributed by atoms with Gasteiger partial charge in [0.1, 0.15) is 12.4 Å². The van der Waals surface area contributed by atoms with Gasteiger partial charge >= 0.3 is 0 Å². The smallest absolute Gasteiger partial charge is 0.231 e. The molecule has 2 aromatic carbocycles. The summed E-state index contributed by atoms with van der Waals surface area (Å²) in [5.41, 5.74) is 1.64. The van der Waals surface area contributed by atoms with Crippen LogP contribution in [0.25, 0.3) is 0 Å². The van der Waals surface area contributed by atoms with Crippen LogP contribution >= 0.6 is 0 Å². The van der Waals surface area contributed by atoms with Gasteiger partial charge in [-0.25, -0.2) is 0 Å². The van der Waals surface area contributed by atoms with Gasteiger partial charge in [-0.15, -0.1) is 0 Å². The fourth-order valence-corrected chi connectivity index (χ4v) is 3.23. The average Bonchev–Trinajstić information content (AvgIpc) is 3.21. The van der Waals surface area contributed by atoms with Gasteiger partial charge in [-0.3, -0.25) is 9.59 Å². The molecular formula is C23H28N2O5. The third-order valence-corrected chi connectivity index (χ3v) is 4.87. The zero-order valence-electron chi connectivity index (χ0n) is 17.5. The molecule has 0 fully saturated rings. The minimum atomic E-state index is -0.101. The Labute approximate surface area is 176 Å². The second-order valence-electron chi connectivity index (χ2n) is 6.97. The Morgan fingerprint density at radius 2 is 1.83 bits per heavy atom. The monoisotopic (exact) mass is 412 g/mol. The molecule has 1 aliphatic heterocycles. The van der Waals surface area contributed by atoms with Gasteiger partial charge in [-0.05, 0) is 50.1 Å². The zero-order valence-corrected chi connectivity index (χ0v) is 17.5. The second kappa shape index (κ2) is 10.5. The number of benzene rings is 2. The average molecular weight is 412 g/mol. The molecule has 0 bridgehead atoms. The molecule has 0 aliphatic carbocycles. The lowest BCUT2D eigenvalue weighted by atomic mass is 10.2. The highest BCUT2D eigenvalue weighted by atomic mass is 16.7. The van der Waals surface area contributed by atoms with Crippen LogP contribution in [0.4, 0.5) is 5.69 Å². The highest BCUT2D eigenvalue weighted by molar-refractivity contribution is 5.91. The van der Waals surface area contributed by atoms with Gasteiger partial charge in [0.25, 0.3) is 0 Å². The summed E-state index contributed by atoms with van der Waals surface area (Å²) in [6.07, 6.45) is 1.23. The molecule has 1 N–H and O–H groups in total. The number of hydrogen-bond donors (Lipinski definition) is 1. The zero-order chi connectivity index (χ0) is 21.3. The summed E-state index contributed by atoms with van der Waals surface area (Å²) in [5, 5.41) is 2.89. The van der Waals surface area contributed by atoms with Crippen LogP contribution in [0.3, 0.4) is 0 Å². The van der Waals surface area contributed by atoms with Crippen molar-refractivity contribution in [2.45, 2.75) is 39.7 Å². The summed E-state index contributed by atoms with van der Waals surface area (Å²) in [6, 6.07) is 13.0. The first-order valence-electron chi connectivity index (χ1n) is 10.3. The number of amides is 2. The first-order chi connectivity index (χ1) is 14.6.